The van der Waals surface area contributed by atoms with E-state index in [1.54, 1.807) is 6.07 Å². The first-order valence-corrected chi connectivity index (χ1v) is 6.13. The fourth-order valence-electron chi connectivity index (χ4n) is 2.29. The van der Waals surface area contributed by atoms with Gasteiger partial charge in [-0.1, -0.05) is 18.9 Å². The maximum absolute atomic E-state index is 12.8. The van der Waals surface area contributed by atoms with Crippen LogP contribution in [-0.2, 0) is 9.53 Å². The molecule has 0 amide bonds. The number of rotatable bonds is 3. The predicted octanol–water partition coefficient (Wildman–Crippen LogP) is 2.97. The molecule has 1 heterocycles. The monoisotopic (exact) mass is 249 g/mol. The predicted molar refractivity (Wildman–Crippen MR) is 66.1 cm³/mol. The Kier molecular flexibility index (Phi) is 4.07. The number of nitrogens with zero attached hydrogens (tertiary/aromatic N) is 1. The van der Waals surface area contributed by atoms with Gasteiger partial charge < -0.3 is 4.74 Å². The Hall–Kier alpha value is -1.71. The van der Waals surface area contributed by atoms with Crippen molar-refractivity contribution in [1.82, 2.24) is 4.98 Å². The molecule has 2 rings (SSSR count). The van der Waals surface area contributed by atoms with Crippen LogP contribution in [0.15, 0.2) is 24.4 Å². The lowest BCUT2D eigenvalue weighted by molar-refractivity contribution is -0.133. The van der Waals surface area contributed by atoms with Crippen LogP contribution in [0.2, 0.25) is 0 Å². The van der Waals surface area contributed by atoms with Crippen LogP contribution in [0.1, 0.15) is 31.2 Å². The molecule has 1 aromatic rings. The number of halogens is 1. The van der Waals surface area contributed by atoms with E-state index in [-0.39, 0.29) is 0 Å². The Bertz CT molecular complexity index is 447. The Morgan fingerprint density at radius 1 is 1.44 bits per heavy atom. The SMILES string of the molecule is COC(=O)/C(=C/C1CCCC1)c1ccc(F)nc1. The molecule has 0 bridgehead atoms. The molecule has 1 saturated carbocycles. The fraction of sp³-hybridized carbons (Fsp3) is 0.429. The zero-order valence-corrected chi connectivity index (χ0v) is 10.4. The van der Waals surface area contributed by atoms with Crippen molar-refractivity contribution in [2.45, 2.75) is 25.7 Å². The lowest BCUT2D eigenvalue weighted by Crippen LogP contribution is -2.06. The summed E-state index contributed by atoms with van der Waals surface area (Å²) < 4.78 is 17.6. The molecule has 0 saturated heterocycles. The van der Waals surface area contributed by atoms with Gasteiger partial charge in [0.25, 0.3) is 0 Å². The van der Waals surface area contributed by atoms with Crippen LogP contribution in [0.25, 0.3) is 5.57 Å². The van der Waals surface area contributed by atoms with Gasteiger partial charge in [0.15, 0.2) is 0 Å². The van der Waals surface area contributed by atoms with Crippen molar-refractivity contribution in [3.05, 3.63) is 35.9 Å². The van der Waals surface area contributed by atoms with Gasteiger partial charge in [0.1, 0.15) is 0 Å². The lowest BCUT2D eigenvalue weighted by atomic mass is 10.00. The van der Waals surface area contributed by atoms with Crippen molar-refractivity contribution in [1.29, 1.82) is 0 Å². The molecule has 0 N–H and O–H groups in total. The minimum absolute atomic E-state index is 0.393. The zero-order chi connectivity index (χ0) is 13.0. The standard InChI is InChI=1S/C14H16FNO2/c1-18-14(17)12(8-10-4-2-3-5-10)11-6-7-13(15)16-9-11/h6-10H,2-5H2,1H3/b12-8+. The van der Waals surface area contributed by atoms with Crippen LogP contribution in [0.5, 0.6) is 0 Å². The quantitative estimate of drug-likeness (QED) is 0.469. The molecule has 18 heavy (non-hydrogen) atoms. The van der Waals surface area contributed by atoms with Gasteiger partial charge in [-0.15, -0.1) is 0 Å². The Morgan fingerprint density at radius 3 is 2.72 bits per heavy atom. The number of methoxy groups -OCH3 is 1. The molecule has 96 valence electrons. The van der Waals surface area contributed by atoms with Gasteiger partial charge in [-0.3, -0.25) is 0 Å². The van der Waals surface area contributed by atoms with E-state index in [1.807, 2.05) is 6.08 Å². The largest absolute Gasteiger partial charge is 0.465 e. The molecule has 3 nitrogen and oxygen atoms in total. The summed E-state index contributed by atoms with van der Waals surface area (Å²) in [5, 5.41) is 0. The van der Waals surface area contributed by atoms with Crippen LogP contribution < -0.4 is 0 Å². The maximum Gasteiger partial charge on any atom is 0.338 e. The van der Waals surface area contributed by atoms with E-state index in [4.69, 9.17) is 4.74 Å². The minimum atomic E-state index is -0.552. The van der Waals surface area contributed by atoms with Gasteiger partial charge in [-0.05, 0) is 30.9 Å². The molecule has 1 fully saturated rings. The lowest BCUT2D eigenvalue weighted by Gasteiger charge is -2.08. The average molecular weight is 249 g/mol. The second-order valence-electron chi connectivity index (χ2n) is 4.49. The summed E-state index contributed by atoms with van der Waals surface area (Å²) in [6, 6.07) is 2.81. The van der Waals surface area contributed by atoms with Crippen LogP contribution in [0, 0.1) is 11.9 Å². The fourth-order valence-corrected chi connectivity index (χ4v) is 2.29. The van der Waals surface area contributed by atoms with E-state index in [2.05, 4.69) is 4.98 Å². The molecule has 1 aliphatic rings. The summed E-state index contributed by atoms with van der Waals surface area (Å²) in [7, 11) is 1.35. The first-order valence-electron chi connectivity index (χ1n) is 6.13. The minimum Gasteiger partial charge on any atom is -0.465 e. The Morgan fingerprint density at radius 2 is 2.17 bits per heavy atom. The number of allylic oxidation sites excluding steroid dienone is 1. The number of hydrogen-bond acceptors (Lipinski definition) is 3. The van der Waals surface area contributed by atoms with Gasteiger partial charge in [0.05, 0.1) is 12.7 Å². The molecule has 0 unspecified atom stereocenters. The van der Waals surface area contributed by atoms with Crippen LogP contribution in [0.4, 0.5) is 4.39 Å². The van der Waals surface area contributed by atoms with Crippen molar-refractivity contribution in [3.8, 4) is 0 Å². The highest BCUT2D eigenvalue weighted by Gasteiger charge is 2.18. The molecular weight excluding hydrogens is 233 g/mol. The van der Waals surface area contributed by atoms with Gasteiger partial charge in [-0.2, -0.15) is 4.39 Å². The van der Waals surface area contributed by atoms with Gasteiger partial charge in [0, 0.05) is 11.8 Å². The first-order chi connectivity index (χ1) is 8.70. The number of esters is 1. The number of carbonyl (C=O) groups excluding carboxylic acids is 1. The number of hydrogen-bond donors (Lipinski definition) is 0. The summed E-state index contributed by atoms with van der Waals surface area (Å²) in [6.45, 7) is 0. The molecule has 1 aliphatic carbocycles. The topological polar surface area (TPSA) is 39.2 Å². The third-order valence-electron chi connectivity index (χ3n) is 3.25. The first kappa shape index (κ1) is 12.7. The average Bonchev–Trinajstić information content (AvgIpc) is 2.89. The number of pyridine rings is 1. The molecule has 0 atom stereocenters. The van der Waals surface area contributed by atoms with Crippen LogP contribution in [-0.4, -0.2) is 18.1 Å². The summed E-state index contributed by atoms with van der Waals surface area (Å²) in [6.07, 6.45) is 7.87. The van der Waals surface area contributed by atoms with Gasteiger partial charge in [-0.25, -0.2) is 9.78 Å². The Labute approximate surface area is 106 Å². The number of ether oxygens (including phenoxy) is 1. The van der Waals surface area contributed by atoms with Crippen molar-refractivity contribution in [2.24, 2.45) is 5.92 Å². The smallest absolute Gasteiger partial charge is 0.338 e. The summed E-state index contributed by atoms with van der Waals surface area (Å²) in [4.78, 5) is 15.3. The maximum atomic E-state index is 12.8. The van der Waals surface area contributed by atoms with E-state index in [9.17, 15) is 9.18 Å². The van der Waals surface area contributed by atoms with Crippen molar-refractivity contribution < 1.29 is 13.9 Å². The van der Waals surface area contributed by atoms with Crippen molar-refractivity contribution in [3.63, 3.8) is 0 Å². The second-order valence-corrected chi connectivity index (χ2v) is 4.49. The Balaban J connectivity index is 2.29. The molecular formula is C14H16FNO2. The van der Waals surface area contributed by atoms with Gasteiger partial charge in [0.2, 0.25) is 5.95 Å². The molecule has 0 radical (unpaired) electrons. The molecule has 0 aliphatic heterocycles. The second kappa shape index (κ2) is 5.76. The molecule has 1 aromatic heterocycles. The summed E-state index contributed by atoms with van der Waals surface area (Å²) in [5.74, 6) is -0.539. The summed E-state index contributed by atoms with van der Waals surface area (Å²) in [5.41, 5.74) is 1.09. The normalized spacial score (nSPS) is 16.9. The highest BCUT2D eigenvalue weighted by atomic mass is 19.1. The van der Waals surface area contributed by atoms with E-state index in [0.717, 1.165) is 12.8 Å². The van der Waals surface area contributed by atoms with E-state index in [0.29, 0.717) is 17.1 Å². The third-order valence-corrected chi connectivity index (χ3v) is 3.25. The van der Waals surface area contributed by atoms with Crippen molar-refractivity contribution >= 4 is 11.5 Å². The highest BCUT2D eigenvalue weighted by Crippen LogP contribution is 2.29. The zero-order valence-electron chi connectivity index (χ0n) is 10.4. The van der Waals surface area contributed by atoms with E-state index < -0.39 is 11.9 Å². The third kappa shape index (κ3) is 2.94. The molecule has 0 spiro atoms. The van der Waals surface area contributed by atoms with Gasteiger partial charge >= 0.3 is 5.97 Å². The molecule has 0 aromatic carbocycles. The highest BCUT2D eigenvalue weighted by molar-refractivity contribution is 6.16. The van der Waals surface area contributed by atoms with E-state index >= 15 is 0 Å². The number of aromatic nitrogens is 1. The van der Waals surface area contributed by atoms with Crippen LogP contribution >= 0.6 is 0 Å². The number of carbonyl (C=O) groups is 1. The summed E-state index contributed by atoms with van der Waals surface area (Å²) >= 11 is 0. The molecule has 4 heteroatoms. The van der Waals surface area contributed by atoms with E-state index in [1.165, 1.54) is 32.2 Å². The van der Waals surface area contributed by atoms with Crippen molar-refractivity contribution in [2.75, 3.05) is 7.11 Å². The van der Waals surface area contributed by atoms with Crippen LogP contribution in [0.3, 0.4) is 0 Å².